The number of rotatable bonds is 8. The van der Waals surface area contributed by atoms with Crippen LogP contribution in [0.25, 0.3) is 0 Å². The molecule has 1 heterocycles. The topological polar surface area (TPSA) is 125 Å². The number of carbonyl (C=O) groups excluding carboxylic acids is 1. The van der Waals surface area contributed by atoms with Gasteiger partial charge in [-0.2, -0.15) is 9.78 Å². The molecule has 0 aliphatic carbocycles. The summed E-state index contributed by atoms with van der Waals surface area (Å²) >= 11 is 12.0. The van der Waals surface area contributed by atoms with Gasteiger partial charge in [-0.1, -0.05) is 40.3 Å². The van der Waals surface area contributed by atoms with E-state index in [4.69, 9.17) is 27.9 Å². The van der Waals surface area contributed by atoms with Crippen LogP contribution in [0.4, 0.5) is 5.95 Å². The van der Waals surface area contributed by atoms with Gasteiger partial charge in [0.1, 0.15) is 12.4 Å². The Balaban J connectivity index is 1.58. The molecule has 160 valence electrons. The highest BCUT2D eigenvalue weighted by Gasteiger charge is 2.13. The van der Waals surface area contributed by atoms with Crippen LogP contribution in [-0.4, -0.2) is 31.3 Å². The van der Waals surface area contributed by atoms with Crippen LogP contribution in [0, 0.1) is 10.1 Å². The van der Waals surface area contributed by atoms with E-state index in [1.54, 1.807) is 43.3 Å². The fraction of sp³-hybridized carbons (Fsp3) is 0.158. The predicted octanol–water partition coefficient (Wildman–Crippen LogP) is 3.88. The standard InChI is InChI=1S/C19H16Cl2N6O4/c1-12(9-26-11-22-19(25-26)27(29)30)23-24-18(28)14-4-2-3-13(7-14)10-31-17-6-5-15(20)8-16(17)21/h2-8,11H,9-10H2,1H3,(H,24,28)/b23-12-. The molecule has 1 N–H and O–H groups in total. The SMILES string of the molecule is C/C(Cn1cnc([N+](=O)[O-])n1)=N/NC(=O)c1cccc(COc2ccc(Cl)cc2Cl)c1. The lowest BCUT2D eigenvalue weighted by molar-refractivity contribution is -0.394. The Morgan fingerprint density at radius 1 is 1.29 bits per heavy atom. The zero-order chi connectivity index (χ0) is 22.4. The Hall–Kier alpha value is -3.50. The predicted molar refractivity (Wildman–Crippen MR) is 114 cm³/mol. The third kappa shape index (κ3) is 6.24. The minimum absolute atomic E-state index is 0.136. The maximum Gasteiger partial charge on any atom is 0.490 e. The van der Waals surface area contributed by atoms with Gasteiger partial charge in [-0.05, 0) is 47.7 Å². The highest BCUT2D eigenvalue weighted by molar-refractivity contribution is 6.35. The van der Waals surface area contributed by atoms with Crippen molar-refractivity contribution in [3.05, 3.63) is 80.1 Å². The molecular weight excluding hydrogens is 447 g/mol. The minimum atomic E-state index is -0.692. The van der Waals surface area contributed by atoms with E-state index in [0.29, 0.717) is 27.1 Å². The number of nitro groups is 1. The Labute approximate surface area is 186 Å². The molecular formula is C19H16Cl2N6O4. The lowest BCUT2D eigenvalue weighted by Gasteiger charge is -2.09. The Bertz CT molecular complexity index is 1150. The quantitative estimate of drug-likeness (QED) is 0.307. The molecule has 31 heavy (non-hydrogen) atoms. The van der Waals surface area contributed by atoms with Crippen molar-refractivity contribution < 1.29 is 14.5 Å². The Morgan fingerprint density at radius 2 is 2.10 bits per heavy atom. The molecule has 0 saturated heterocycles. The van der Waals surface area contributed by atoms with Crippen LogP contribution in [-0.2, 0) is 13.2 Å². The lowest BCUT2D eigenvalue weighted by atomic mass is 10.1. The molecule has 0 aliphatic rings. The van der Waals surface area contributed by atoms with Crippen molar-refractivity contribution in [3.63, 3.8) is 0 Å². The monoisotopic (exact) mass is 462 g/mol. The number of ether oxygens (including phenoxy) is 1. The summed E-state index contributed by atoms with van der Waals surface area (Å²) in [6.07, 6.45) is 1.22. The molecule has 0 radical (unpaired) electrons. The zero-order valence-electron chi connectivity index (χ0n) is 16.2. The Morgan fingerprint density at radius 3 is 2.81 bits per heavy atom. The van der Waals surface area contributed by atoms with Gasteiger partial charge in [0, 0.05) is 15.7 Å². The van der Waals surface area contributed by atoms with Gasteiger partial charge in [0.15, 0.2) is 0 Å². The van der Waals surface area contributed by atoms with E-state index in [1.165, 1.54) is 11.0 Å². The van der Waals surface area contributed by atoms with Crippen molar-refractivity contribution >= 4 is 40.8 Å². The maximum absolute atomic E-state index is 12.4. The van der Waals surface area contributed by atoms with E-state index in [1.807, 2.05) is 6.07 Å². The fourth-order valence-electron chi connectivity index (χ4n) is 2.48. The molecule has 12 heteroatoms. The van der Waals surface area contributed by atoms with Crippen molar-refractivity contribution in [1.82, 2.24) is 20.2 Å². The van der Waals surface area contributed by atoms with Crippen molar-refractivity contribution in [2.24, 2.45) is 5.10 Å². The summed E-state index contributed by atoms with van der Waals surface area (Å²) in [6.45, 7) is 1.99. The number of halogens is 2. The van der Waals surface area contributed by atoms with E-state index in [-0.39, 0.29) is 13.2 Å². The molecule has 1 amide bonds. The van der Waals surface area contributed by atoms with Crippen LogP contribution in [0.15, 0.2) is 53.9 Å². The van der Waals surface area contributed by atoms with Gasteiger partial charge >= 0.3 is 5.95 Å². The highest BCUT2D eigenvalue weighted by Crippen LogP contribution is 2.28. The average Bonchev–Trinajstić information content (AvgIpc) is 3.20. The lowest BCUT2D eigenvalue weighted by Crippen LogP contribution is -2.21. The van der Waals surface area contributed by atoms with Gasteiger partial charge < -0.3 is 14.9 Å². The highest BCUT2D eigenvalue weighted by atomic mass is 35.5. The third-order valence-electron chi connectivity index (χ3n) is 3.90. The summed E-state index contributed by atoms with van der Waals surface area (Å²) in [5.41, 5.74) is 4.06. The molecule has 0 aliphatic heterocycles. The molecule has 2 aromatic carbocycles. The summed E-state index contributed by atoms with van der Waals surface area (Å²) in [5.74, 6) is -0.444. The van der Waals surface area contributed by atoms with E-state index in [2.05, 4.69) is 20.6 Å². The van der Waals surface area contributed by atoms with Gasteiger partial charge in [0.25, 0.3) is 5.91 Å². The summed E-state index contributed by atoms with van der Waals surface area (Å²) < 4.78 is 6.94. The number of nitrogens with one attached hydrogen (secondary N) is 1. The second-order valence-corrected chi connectivity index (χ2v) is 7.19. The van der Waals surface area contributed by atoms with Crippen molar-refractivity contribution in [1.29, 1.82) is 0 Å². The number of amides is 1. The van der Waals surface area contributed by atoms with Gasteiger partial charge in [0.05, 0.1) is 17.3 Å². The van der Waals surface area contributed by atoms with Crippen molar-refractivity contribution in [3.8, 4) is 5.75 Å². The molecule has 3 aromatic rings. The molecule has 3 rings (SSSR count). The largest absolute Gasteiger partial charge is 0.490 e. The molecule has 0 fully saturated rings. The first-order chi connectivity index (χ1) is 14.8. The summed E-state index contributed by atoms with van der Waals surface area (Å²) in [4.78, 5) is 25.9. The first-order valence-electron chi connectivity index (χ1n) is 8.86. The summed E-state index contributed by atoms with van der Waals surface area (Å²) in [7, 11) is 0. The number of benzene rings is 2. The number of hydrazone groups is 1. The molecule has 0 spiro atoms. The van der Waals surface area contributed by atoms with Crippen LogP contribution < -0.4 is 10.2 Å². The maximum atomic E-state index is 12.4. The first kappa shape index (κ1) is 22.2. The van der Waals surface area contributed by atoms with E-state index in [0.717, 1.165) is 5.56 Å². The first-order valence-corrected chi connectivity index (χ1v) is 9.61. The van der Waals surface area contributed by atoms with Crippen LogP contribution in [0.5, 0.6) is 5.75 Å². The summed E-state index contributed by atoms with van der Waals surface area (Å²) in [5, 5.41) is 19.2. The average molecular weight is 463 g/mol. The van der Waals surface area contributed by atoms with Gasteiger partial charge in [-0.15, -0.1) is 0 Å². The van der Waals surface area contributed by atoms with Crippen LogP contribution in [0.1, 0.15) is 22.8 Å². The Kier molecular flexibility index (Phi) is 7.16. The zero-order valence-corrected chi connectivity index (χ0v) is 17.7. The van der Waals surface area contributed by atoms with Gasteiger partial charge in [-0.3, -0.25) is 4.79 Å². The molecule has 0 atom stereocenters. The molecule has 10 nitrogen and oxygen atoms in total. The van der Waals surface area contributed by atoms with Crippen LogP contribution in [0.3, 0.4) is 0 Å². The van der Waals surface area contributed by atoms with E-state index >= 15 is 0 Å². The van der Waals surface area contributed by atoms with Gasteiger partial charge in [-0.25, -0.2) is 5.43 Å². The van der Waals surface area contributed by atoms with Crippen LogP contribution >= 0.6 is 23.2 Å². The third-order valence-corrected chi connectivity index (χ3v) is 4.43. The number of aromatic nitrogens is 3. The van der Waals surface area contributed by atoms with Crippen molar-refractivity contribution in [2.75, 3.05) is 0 Å². The molecule has 0 unspecified atom stereocenters. The molecule has 0 saturated carbocycles. The molecule has 0 bridgehead atoms. The number of nitrogens with zero attached hydrogens (tertiary/aromatic N) is 5. The second kappa shape index (κ2) is 10.0. The van der Waals surface area contributed by atoms with Crippen LogP contribution in [0.2, 0.25) is 10.0 Å². The van der Waals surface area contributed by atoms with Crippen molar-refractivity contribution in [2.45, 2.75) is 20.1 Å². The van der Waals surface area contributed by atoms with E-state index < -0.39 is 16.8 Å². The molecule has 1 aromatic heterocycles. The normalized spacial score (nSPS) is 11.3. The fourth-order valence-corrected chi connectivity index (χ4v) is 2.94. The number of hydrogen-bond donors (Lipinski definition) is 1. The number of carbonyl (C=O) groups is 1. The smallest absolute Gasteiger partial charge is 0.487 e. The minimum Gasteiger partial charge on any atom is -0.487 e. The number of hydrogen-bond acceptors (Lipinski definition) is 7. The summed E-state index contributed by atoms with van der Waals surface area (Å²) in [6, 6.07) is 11.8. The van der Waals surface area contributed by atoms with Gasteiger partial charge in [0.2, 0.25) is 6.33 Å². The second-order valence-electron chi connectivity index (χ2n) is 6.35. The van der Waals surface area contributed by atoms with E-state index in [9.17, 15) is 14.9 Å².